The molecule has 0 fully saturated rings. The third-order valence-electron chi connectivity index (χ3n) is 5.46. The zero-order chi connectivity index (χ0) is 23.5. The monoisotopic (exact) mass is 470 g/mol. The van der Waals surface area contributed by atoms with E-state index in [2.05, 4.69) is 5.32 Å². The minimum Gasteiger partial charge on any atom is -0.497 e. The predicted molar refractivity (Wildman–Crippen MR) is 135 cm³/mol. The van der Waals surface area contributed by atoms with Crippen molar-refractivity contribution < 1.29 is 9.47 Å². The van der Waals surface area contributed by atoms with Crippen molar-refractivity contribution >= 4 is 27.4 Å². The fraction of sp³-hybridized carbons (Fsp3) is 0.115. The molecule has 2 aromatic heterocycles. The second kappa shape index (κ2) is 9.36. The van der Waals surface area contributed by atoms with Crippen LogP contribution in [0.5, 0.6) is 11.5 Å². The van der Waals surface area contributed by atoms with Gasteiger partial charge in [0.05, 0.1) is 43.0 Å². The number of methoxy groups -OCH3 is 2. The molecule has 0 aliphatic heterocycles. The molecule has 0 aliphatic rings. The van der Waals surface area contributed by atoms with Crippen molar-refractivity contribution in [1.82, 2.24) is 14.5 Å². The molecule has 5 rings (SSSR count). The lowest BCUT2D eigenvalue weighted by molar-refractivity contribution is 0.412. The fourth-order valence-corrected chi connectivity index (χ4v) is 4.48. The second-order valence-corrected chi connectivity index (χ2v) is 8.34. The van der Waals surface area contributed by atoms with Crippen LogP contribution in [-0.2, 0) is 6.54 Å². The van der Waals surface area contributed by atoms with E-state index in [-0.39, 0.29) is 5.56 Å². The van der Waals surface area contributed by atoms with E-state index >= 15 is 0 Å². The lowest BCUT2D eigenvalue weighted by atomic mass is 10.2. The number of hydrogen-bond donors (Lipinski definition) is 1. The van der Waals surface area contributed by atoms with E-state index in [1.54, 1.807) is 24.9 Å². The van der Waals surface area contributed by atoms with Gasteiger partial charge in [-0.15, -0.1) is 11.3 Å². The van der Waals surface area contributed by atoms with Crippen molar-refractivity contribution in [2.24, 2.45) is 0 Å². The average Bonchev–Trinajstić information content (AvgIpc) is 3.37. The molecule has 0 aliphatic carbocycles. The van der Waals surface area contributed by atoms with Crippen molar-refractivity contribution in [1.29, 1.82) is 0 Å². The molecule has 7 nitrogen and oxygen atoms in total. The predicted octanol–water partition coefficient (Wildman–Crippen LogP) is 5.14. The van der Waals surface area contributed by atoms with Crippen LogP contribution in [0.4, 0.5) is 5.13 Å². The minimum absolute atomic E-state index is 0.148. The highest BCUT2D eigenvalue weighted by atomic mass is 32.1. The zero-order valence-corrected chi connectivity index (χ0v) is 19.5. The van der Waals surface area contributed by atoms with Gasteiger partial charge in [-0.05, 0) is 48.5 Å². The molecule has 0 radical (unpaired) electrons. The van der Waals surface area contributed by atoms with E-state index in [4.69, 9.17) is 19.4 Å². The van der Waals surface area contributed by atoms with Crippen LogP contribution >= 0.6 is 11.3 Å². The second-order valence-electron chi connectivity index (χ2n) is 7.48. The molecule has 0 bridgehead atoms. The number of nitrogens with one attached hydrogen (secondary N) is 1. The van der Waals surface area contributed by atoms with Crippen LogP contribution < -0.4 is 20.3 Å². The standard InChI is InChI=1S/C26H22N4O3S/c1-32-18-13-11-17(12-14-18)21-16-34-26(29-21)27-15-24-28-20-8-4-3-7-19(20)25(31)30(24)22-9-5-6-10-23(22)33-2/h3-14,16H,15H2,1-2H3,(H,27,29). The molecule has 170 valence electrons. The summed E-state index contributed by atoms with van der Waals surface area (Å²) in [7, 11) is 3.23. The van der Waals surface area contributed by atoms with Gasteiger partial charge in [0.2, 0.25) is 0 Å². The topological polar surface area (TPSA) is 78.3 Å². The first-order valence-corrected chi connectivity index (χ1v) is 11.5. The molecule has 3 aromatic carbocycles. The first-order chi connectivity index (χ1) is 16.7. The molecule has 0 unspecified atom stereocenters. The van der Waals surface area contributed by atoms with Crippen molar-refractivity contribution in [3.05, 3.63) is 94.4 Å². The number of rotatable bonds is 7. The van der Waals surface area contributed by atoms with Crippen LogP contribution in [0.3, 0.4) is 0 Å². The summed E-state index contributed by atoms with van der Waals surface area (Å²) in [5.41, 5.74) is 3.00. The Labute approximate surface area is 200 Å². The van der Waals surface area contributed by atoms with Crippen LogP contribution in [0.15, 0.2) is 83.0 Å². The molecule has 1 N–H and O–H groups in total. The van der Waals surface area contributed by atoms with Gasteiger partial charge in [0.25, 0.3) is 5.56 Å². The van der Waals surface area contributed by atoms with Crippen LogP contribution in [0, 0.1) is 0 Å². The van der Waals surface area contributed by atoms with Gasteiger partial charge in [-0.2, -0.15) is 0 Å². The number of ether oxygens (including phenoxy) is 2. The summed E-state index contributed by atoms with van der Waals surface area (Å²) in [4.78, 5) is 23.0. The molecule has 0 saturated heterocycles. The highest BCUT2D eigenvalue weighted by Crippen LogP contribution is 2.27. The van der Waals surface area contributed by atoms with Gasteiger partial charge in [0.1, 0.15) is 17.3 Å². The quantitative estimate of drug-likeness (QED) is 0.355. The number of fused-ring (bicyclic) bond motifs is 1. The van der Waals surface area contributed by atoms with E-state index in [0.717, 1.165) is 22.1 Å². The first kappa shape index (κ1) is 21.7. The SMILES string of the molecule is COc1ccc(-c2csc(NCc3nc4ccccc4c(=O)n3-c3ccccc3OC)n2)cc1. The van der Waals surface area contributed by atoms with Gasteiger partial charge in [0, 0.05) is 10.9 Å². The van der Waals surface area contributed by atoms with Crippen molar-refractivity contribution in [2.75, 3.05) is 19.5 Å². The van der Waals surface area contributed by atoms with E-state index in [1.165, 1.54) is 11.3 Å². The zero-order valence-electron chi connectivity index (χ0n) is 18.7. The minimum atomic E-state index is -0.148. The van der Waals surface area contributed by atoms with Gasteiger partial charge < -0.3 is 14.8 Å². The van der Waals surface area contributed by atoms with Crippen LogP contribution in [0.2, 0.25) is 0 Å². The summed E-state index contributed by atoms with van der Waals surface area (Å²) in [5, 5.41) is 6.61. The Morgan fingerprint density at radius 3 is 2.47 bits per heavy atom. The normalized spacial score (nSPS) is 10.9. The lowest BCUT2D eigenvalue weighted by Gasteiger charge is -2.16. The summed E-state index contributed by atoms with van der Waals surface area (Å²) in [6.45, 7) is 0.313. The Balaban J connectivity index is 1.50. The highest BCUT2D eigenvalue weighted by Gasteiger charge is 2.16. The fourth-order valence-electron chi connectivity index (χ4n) is 3.76. The van der Waals surface area contributed by atoms with Crippen molar-refractivity contribution in [3.8, 4) is 28.4 Å². The van der Waals surface area contributed by atoms with Gasteiger partial charge in [-0.3, -0.25) is 9.36 Å². The van der Waals surface area contributed by atoms with Gasteiger partial charge >= 0.3 is 0 Å². The summed E-state index contributed by atoms with van der Waals surface area (Å²) < 4.78 is 12.4. The van der Waals surface area contributed by atoms with Gasteiger partial charge in [0.15, 0.2) is 5.13 Å². The summed E-state index contributed by atoms with van der Waals surface area (Å²) in [6, 6.07) is 22.5. The third-order valence-corrected chi connectivity index (χ3v) is 6.26. The maximum absolute atomic E-state index is 13.5. The smallest absolute Gasteiger partial charge is 0.266 e. The maximum Gasteiger partial charge on any atom is 0.266 e. The number of hydrogen-bond acceptors (Lipinski definition) is 7. The average molecular weight is 471 g/mol. The van der Waals surface area contributed by atoms with Crippen molar-refractivity contribution in [2.45, 2.75) is 6.54 Å². The van der Waals surface area contributed by atoms with E-state index < -0.39 is 0 Å². The number of thiazole rings is 1. The molecule has 0 saturated carbocycles. The Bertz CT molecular complexity index is 1510. The maximum atomic E-state index is 13.5. The molecular formula is C26H22N4O3S. The summed E-state index contributed by atoms with van der Waals surface area (Å²) >= 11 is 1.50. The molecule has 2 heterocycles. The first-order valence-electron chi connectivity index (χ1n) is 10.7. The van der Waals surface area contributed by atoms with Crippen LogP contribution in [-0.4, -0.2) is 28.8 Å². The van der Waals surface area contributed by atoms with E-state index in [1.807, 2.05) is 72.1 Å². The lowest BCUT2D eigenvalue weighted by Crippen LogP contribution is -2.25. The Morgan fingerprint density at radius 1 is 0.912 bits per heavy atom. The summed E-state index contributed by atoms with van der Waals surface area (Å²) in [5.74, 6) is 1.96. The van der Waals surface area contributed by atoms with E-state index in [0.29, 0.717) is 34.7 Å². The number of anilines is 1. The summed E-state index contributed by atoms with van der Waals surface area (Å²) in [6.07, 6.45) is 0. The Kier molecular flexibility index (Phi) is 5.97. The van der Waals surface area contributed by atoms with E-state index in [9.17, 15) is 4.79 Å². The Hall–Kier alpha value is -4.17. The third kappa shape index (κ3) is 4.11. The highest BCUT2D eigenvalue weighted by molar-refractivity contribution is 7.14. The molecular weight excluding hydrogens is 448 g/mol. The van der Waals surface area contributed by atoms with Crippen molar-refractivity contribution in [3.63, 3.8) is 0 Å². The van der Waals surface area contributed by atoms with Crippen LogP contribution in [0.25, 0.3) is 27.8 Å². The molecule has 0 spiro atoms. The molecule has 34 heavy (non-hydrogen) atoms. The van der Waals surface area contributed by atoms with Gasteiger partial charge in [-0.25, -0.2) is 9.97 Å². The molecule has 5 aromatic rings. The largest absolute Gasteiger partial charge is 0.497 e. The van der Waals surface area contributed by atoms with Gasteiger partial charge in [-0.1, -0.05) is 24.3 Å². The number of benzene rings is 3. The van der Waals surface area contributed by atoms with Crippen LogP contribution in [0.1, 0.15) is 5.82 Å². The number of aromatic nitrogens is 3. The molecule has 0 amide bonds. The number of para-hydroxylation sites is 3. The number of nitrogens with zero attached hydrogens (tertiary/aromatic N) is 3. The molecule has 0 atom stereocenters. The Morgan fingerprint density at radius 2 is 1.68 bits per heavy atom. The molecule has 8 heteroatoms.